The van der Waals surface area contributed by atoms with E-state index in [0.717, 1.165) is 5.56 Å². The maximum Gasteiger partial charge on any atom is 0.312 e. The van der Waals surface area contributed by atoms with Gasteiger partial charge in [-0.2, -0.15) is 0 Å². The van der Waals surface area contributed by atoms with E-state index in [1.807, 2.05) is 37.3 Å². The molecule has 3 aromatic rings. The summed E-state index contributed by atoms with van der Waals surface area (Å²) in [5.74, 6) is 1.34. The molecule has 1 unspecified atom stereocenters. The predicted molar refractivity (Wildman–Crippen MR) is 124 cm³/mol. The zero-order valence-electron chi connectivity index (χ0n) is 17.7. The molecule has 0 radical (unpaired) electrons. The number of anilines is 1. The average molecular weight is 454 g/mol. The Morgan fingerprint density at radius 1 is 1.03 bits per heavy atom. The second kappa shape index (κ2) is 10.5. The third kappa shape index (κ3) is 6.15. The van der Waals surface area contributed by atoms with E-state index in [0.29, 0.717) is 33.5 Å². The Hall–Kier alpha value is -3.71. The van der Waals surface area contributed by atoms with Gasteiger partial charge in [-0.3, -0.25) is 4.79 Å². The minimum Gasteiger partial charge on any atom is -0.495 e. The topological polar surface area (TPSA) is 103 Å². The smallest absolute Gasteiger partial charge is 0.312 e. The number of nitrogens with one attached hydrogen (secondary N) is 2. The first-order valence-electron chi connectivity index (χ1n) is 9.88. The molecule has 7 nitrogen and oxygen atoms in total. The number of benzene rings is 3. The Morgan fingerprint density at radius 3 is 2.44 bits per heavy atom. The highest BCUT2D eigenvalue weighted by Gasteiger charge is 2.20. The van der Waals surface area contributed by atoms with Crippen molar-refractivity contribution in [1.82, 2.24) is 5.32 Å². The van der Waals surface area contributed by atoms with E-state index in [4.69, 9.17) is 26.8 Å². The van der Waals surface area contributed by atoms with Crippen molar-refractivity contribution in [2.24, 2.45) is 5.73 Å². The lowest BCUT2D eigenvalue weighted by Gasteiger charge is -2.19. The minimum atomic E-state index is -0.739. The molecular weight excluding hydrogens is 430 g/mol. The van der Waals surface area contributed by atoms with E-state index in [1.165, 1.54) is 7.11 Å². The van der Waals surface area contributed by atoms with Crippen molar-refractivity contribution in [3.05, 3.63) is 82.9 Å². The summed E-state index contributed by atoms with van der Waals surface area (Å²) in [5, 5.41) is 5.97. The van der Waals surface area contributed by atoms with Crippen molar-refractivity contribution >= 4 is 29.2 Å². The van der Waals surface area contributed by atoms with Crippen LogP contribution in [-0.2, 0) is 4.79 Å². The number of carbonyl (C=O) groups excluding carboxylic acids is 2. The van der Waals surface area contributed by atoms with Crippen LogP contribution in [0.5, 0.6) is 17.2 Å². The van der Waals surface area contributed by atoms with Gasteiger partial charge in [0.1, 0.15) is 17.2 Å². The highest BCUT2D eigenvalue weighted by molar-refractivity contribution is 6.31. The summed E-state index contributed by atoms with van der Waals surface area (Å²) in [6.07, 6.45) is -0.0530. The molecule has 0 bridgehead atoms. The van der Waals surface area contributed by atoms with Crippen LogP contribution in [0.25, 0.3) is 0 Å². The molecule has 1 atom stereocenters. The summed E-state index contributed by atoms with van der Waals surface area (Å²) in [6, 6.07) is 18.4. The first kappa shape index (κ1) is 23.0. The van der Waals surface area contributed by atoms with Crippen molar-refractivity contribution in [1.29, 1.82) is 0 Å². The lowest BCUT2D eigenvalue weighted by Crippen LogP contribution is -2.35. The van der Waals surface area contributed by atoms with Crippen molar-refractivity contribution < 1.29 is 19.1 Å². The normalized spacial score (nSPS) is 11.3. The van der Waals surface area contributed by atoms with Crippen LogP contribution < -0.4 is 25.8 Å². The lowest BCUT2D eigenvalue weighted by molar-refractivity contribution is -0.116. The fourth-order valence-corrected chi connectivity index (χ4v) is 3.31. The van der Waals surface area contributed by atoms with Crippen LogP contribution >= 0.6 is 11.6 Å². The SMILES string of the molecule is COc1cc(Cl)c(C)cc1NC(=O)CC(NC(N)=O)c1cccc(Oc2ccccc2)c1. The molecule has 8 heteroatoms. The monoisotopic (exact) mass is 453 g/mol. The molecular formula is C24H24ClN3O4. The number of urea groups is 1. The number of hydrogen-bond donors (Lipinski definition) is 3. The van der Waals surface area contributed by atoms with Crippen LogP contribution in [0, 0.1) is 6.92 Å². The molecule has 0 fully saturated rings. The summed E-state index contributed by atoms with van der Waals surface area (Å²) in [5.41, 5.74) is 7.30. The Kier molecular flexibility index (Phi) is 7.57. The van der Waals surface area contributed by atoms with Gasteiger partial charge in [-0.05, 0) is 48.4 Å². The van der Waals surface area contributed by atoms with Crippen LogP contribution in [0.2, 0.25) is 5.02 Å². The summed E-state index contributed by atoms with van der Waals surface area (Å²) in [7, 11) is 1.49. The highest BCUT2D eigenvalue weighted by atomic mass is 35.5. The van der Waals surface area contributed by atoms with E-state index in [9.17, 15) is 9.59 Å². The van der Waals surface area contributed by atoms with Gasteiger partial charge in [-0.15, -0.1) is 0 Å². The molecule has 3 rings (SSSR count). The number of halogens is 1. The first-order chi connectivity index (χ1) is 15.4. The average Bonchev–Trinajstić information content (AvgIpc) is 2.76. The minimum absolute atomic E-state index is 0.0530. The number of aryl methyl sites for hydroxylation is 1. The maximum atomic E-state index is 12.8. The van der Waals surface area contributed by atoms with Crippen LogP contribution in [-0.4, -0.2) is 19.0 Å². The van der Waals surface area contributed by atoms with Gasteiger partial charge >= 0.3 is 6.03 Å². The zero-order chi connectivity index (χ0) is 23.1. The van der Waals surface area contributed by atoms with Crippen molar-refractivity contribution in [2.75, 3.05) is 12.4 Å². The number of hydrogen-bond acceptors (Lipinski definition) is 4. The van der Waals surface area contributed by atoms with E-state index < -0.39 is 12.1 Å². The third-order valence-corrected chi connectivity index (χ3v) is 5.11. The molecule has 0 saturated heterocycles. The van der Waals surface area contributed by atoms with Crippen molar-refractivity contribution in [2.45, 2.75) is 19.4 Å². The van der Waals surface area contributed by atoms with Gasteiger partial charge in [0.05, 0.1) is 25.3 Å². The number of amides is 3. The van der Waals surface area contributed by atoms with Crippen LogP contribution in [0.1, 0.15) is 23.6 Å². The fraction of sp³-hybridized carbons (Fsp3) is 0.167. The molecule has 166 valence electrons. The second-order valence-corrected chi connectivity index (χ2v) is 7.51. The van der Waals surface area contributed by atoms with Gasteiger partial charge in [-0.1, -0.05) is 41.9 Å². The number of para-hydroxylation sites is 1. The second-order valence-electron chi connectivity index (χ2n) is 7.10. The van der Waals surface area contributed by atoms with Gasteiger partial charge in [-0.25, -0.2) is 4.79 Å². The number of nitrogens with two attached hydrogens (primary N) is 1. The summed E-state index contributed by atoms with van der Waals surface area (Å²) >= 11 is 6.13. The van der Waals surface area contributed by atoms with Gasteiger partial charge < -0.3 is 25.8 Å². The summed E-state index contributed by atoms with van der Waals surface area (Å²) in [6.45, 7) is 1.83. The standard InChI is InChI=1S/C24H24ClN3O4/c1-15-11-21(22(31-2)13-19(15)25)27-23(29)14-20(28-24(26)30)16-7-6-10-18(12-16)32-17-8-4-3-5-9-17/h3-13,20H,14H2,1-2H3,(H,27,29)(H3,26,28,30). The number of ether oxygens (including phenoxy) is 2. The molecule has 32 heavy (non-hydrogen) atoms. The molecule has 0 aliphatic heterocycles. The Labute approximate surface area is 191 Å². The Bertz CT molecular complexity index is 1110. The Balaban J connectivity index is 1.79. The van der Waals surface area contributed by atoms with Gasteiger partial charge in [0.2, 0.25) is 5.91 Å². The molecule has 0 aliphatic carbocycles. The number of carbonyl (C=O) groups is 2. The van der Waals surface area contributed by atoms with Crippen molar-refractivity contribution in [3.63, 3.8) is 0 Å². The van der Waals surface area contributed by atoms with Gasteiger partial charge in [0.15, 0.2) is 0 Å². The van der Waals surface area contributed by atoms with Gasteiger partial charge in [0.25, 0.3) is 0 Å². The lowest BCUT2D eigenvalue weighted by atomic mass is 10.0. The highest BCUT2D eigenvalue weighted by Crippen LogP contribution is 2.32. The Morgan fingerprint density at radius 2 is 1.75 bits per heavy atom. The zero-order valence-corrected chi connectivity index (χ0v) is 18.5. The summed E-state index contributed by atoms with van der Waals surface area (Å²) < 4.78 is 11.2. The van der Waals surface area contributed by atoms with Crippen LogP contribution in [0.15, 0.2) is 66.7 Å². The van der Waals surface area contributed by atoms with Crippen LogP contribution in [0.3, 0.4) is 0 Å². The number of rotatable bonds is 8. The van der Waals surface area contributed by atoms with E-state index in [2.05, 4.69) is 10.6 Å². The first-order valence-corrected chi connectivity index (χ1v) is 10.3. The molecule has 0 saturated carbocycles. The van der Waals surface area contributed by atoms with E-state index >= 15 is 0 Å². The largest absolute Gasteiger partial charge is 0.495 e. The quantitative estimate of drug-likeness (QED) is 0.436. The summed E-state index contributed by atoms with van der Waals surface area (Å²) in [4.78, 5) is 24.4. The molecule has 0 aromatic heterocycles. The van der Waals surface area contributed by atoms with Crippen LogP contribution in [0.4, 0.5) is 10.5 Å². The molecule has 3 aromatic carbocycles. The molecule has 3 amide bonds. The van der Waals surface area contributed by atoms with E-state index in [1.54, 1.807) is 36.4 Å². The fourth-order valence-electron chi connectivity index (χ4n) is 3.16. The maximum absolute atomic E-state index is 12.8. The number of primary amides is 1. The molecule has 0 spiro atoms. The molecule has 0 heterocycles. The van der Waals surface area contributed by atoms with Crippen molar-refractivity contribution in [3.8, 4) is 17.2 Å². The number of methoxy groups -OCH3 is 1. The third-order valence-electron chi connectivity index (χ3n) is 4.70. The molecule has 4 N–H and O–H groups in total. The van der Waals surface area contributed by atoms with E-state index in [-0.39, 0.29) is 12.3 Å². The molecule has 0 aliphatic rings. The van der Waals surface area contributed by atoms with Gasteiger partial charge in [0, 0.05) is 11.1 Å². The predicted octanol–water partition coefficient (Wildman–Crippen LogP) is 5.19.